The van der Waals surface area contributed by atoms with Crippen LogP contribution in [0, 0.1) is 0 Å². The predicted octanol–water partition coefficient (Wildman–Crippen LogP) is 2.36. The lowest BCUT2D eigenvalue weighted by atomic mass is 10.2. The highest BCUT2D eigenvalue weighted by Gasteiger charge is 2.31. The van der Waals surface area contributed by atoms with Gasteiger partial charge in [0.1, 0.15) is 0 Å². The molecule has 26 heavy (non-hydrogen) atoms. The van der Waals surface area contributed by atoms with Gasteiger partial charge in [-0.25, -0.2) is 0 Å². The van der Waals surface area contributed by atoms with Gasteiger partial charge in [-0.15, -0.1) is 0 Å². The Hall–Kier alpha value is -2.36. The van der Waals surface area contributed by atoms with E-state index >= 15 is 0 Å². The summed E-state index contributed by atoms with van der Waals surface area (Å²) in [4.78, 5) is 19.4. The van der Waals surface area contributed by atoms with E-state index in [-0.39, 0.29) is 31.8 Å². The van der Waals surface area contributed by atoms with Crippen LogP contribution in [-0.2, 0) is 11.2 Å². The van der Waals surface area contributed by atoms with E-state index in [0.717, 1.165) is 0 Å². The van der Waals surface area contributed by atoms with Gasteiger partial charge in [-0.3, -0.25) is 9.69 Å². The number of aryl methyl sites for hydroxylation is 1. The molecular formula is C16H19F3N4O3. The van der Waals surface area contributed by atoms with E-state index in [2.05, 4.69) is 10.1 Å². The van der Waals surface area contributed by atoms with Crippen molar-refractivity contribution in [3.8, 4) is 11.6 Å². The Labute approximate surface area is 147 Å². The van der Waals surface area contributed by atoms with Crippen LogP contribution >= 0.6 is 0 Å². The van der Waals surface area contributed by atoms with Crippen molar-refractivity contribution >= 4 is 5.91 Å². The van der Waals surface area contributed by atoms with Crippen LogP contribution in [0.2, 0.25) is 0 Å². The molecule has 3 heterocycles. The number of aromatic nitrogens is 2. The number of furan rings is 1. The van der Waals surface area contributed by atoms with E-state index < -0.39 is 12.7 Å². The molecule has 0 aromatic carbocycles. The van der Waals surface area contributed by atoms with Crippen molar-refractivity contribution in [3.63, 3.8) is 0 Å². The first-order valence-corrected chi connectivity index (χ1v) is 8.34. The molecule has 142 valence electrons. The molecule has 0 radical (unpaired) electrons. The van der Waals surface area contributed by atoms with E-state index in [0.29, 0.717) is 37.0 Å². The molecule has 0 unspecified atom stereocenters. The van der Waals surface area contributed by atoms with Crippen molar-refractivity contribution in [2.45, 2.75) is 25.4 Å². The lowest BCUT2D eigenvalue weighted by Crippen LogP contribution is -2.38. The Kier molecular flexibility index (Phi) is 5.60. The van der Waals surface area contributed by atoms with Crippen molar-refractivity contribution in [1.82, 2.24) is 19.9 Å². The Morgan fingerprint density at radius 1 is 1.23 bits per heavy atom. The Bertz CT molecular complexity index is 715. The Balaban J connectivity index is 1.48. The zero-order chi connectivity index (χ0) is 18.6. The molecule has 0 atom stereocenters. The smallest absolute Gasteiger partial charge is 0.401 e. The second kappa shape index (κ2) is 7.90. The van der Waals surface area contributed by atoms with Crippen LogP contribution in [0.5, 0.6) is 0 Å². The summed E-state index contributed by atoms with van der Waals surface area (Å²) >= 11 is 0. The van der Waals surface area contributed by atoms with Crippen LogP contribution in [0.3, 0.4) is 0 Å². The quantitative estimate of drug-likeness (QED) is 0.802. The summed E-state index contributed by atoms with van der Waals surface area (Å²) in [5, 5.41) is 3.79. The number of amides is 1. The minimum Gasteiger partial charge on any atom is -0.461 e. The third-order valence-electron chi connectivity index (χ3n) is 4.11. The van der Waals surface area contributed by atoms with Gasteiger partial charge in [-0.05, 0) is 18.6 Å². The van der Waals surface area contributed by atoms with Gasteiger partial charge in [-0.2, -0.15) is 18.2 Å². The highest BCUT2D eigenvalue weighted by atomic mass is 19.4. The van der Waals surface area contributed by atoms with Crippen molar-refractivity contribution < 1.29 is 26.9 Å². The molecule has 1 amide bonds. The van der Waals surface area contributed by atoms with E-state index in [4.69, 9.17) is 8.94 Å². The number of carbonyl (C=O) groups is 1. The lowest BCUT2D eigenvalue weighted by molar-refractivity contribution is -0.145. The fraction of sp³-hybridized carbons (Fsp3) is 0.562. The first-order chi connectivity index (χ1) is 12.4. The maximum absolute atomic E-state index is 12.5. The number of rotatable bonds is 5. The molecule has 1 saturated heterocycles. The number of hydrogen-bond donors (Lipinski definition) is 0. The first kappa shape index (κ1) is 18.4. The van der Waals surface area contributed by atoms with Crippen molar-refractivity contribution in [1.29, 1.82) is 0 Å². The maximum Gasteiger partial charge on any atom is 0.401 e. The van der Waals surface area contributed by atoms with Crippen molar-refractivity contribution in [2.75, 3.05) is 32.7 Å². The third kappa shape index (κ3) is 5.07. The molecule has 0 saturated carbocycles. The average molecular weight is 372 g/mol. The van der Waals surface area contributed by atoms with Gasteiger partial charge in [0.15, 0.2) is 5.76 Å². The molecular weight excluding hydrogens is 353 g/mol. The van der Waals surface area contributed by atoms with Crippen molar-refractivity contribution in [3.05, 3.63) is 24.3 Å². The predicted molar refractivity (Wildman–Crippen MR) is 84.0 cm³/mol. The highest BCUT2D eigenvalue weighted by Crippen LogP contribution is 2.18. The molecule has 2 aromatic heterocycles. The SMILES string of the molecule is O=C(CCc1nc(-c2ccco2)no1)N1CCCN(CC(F)(F)F)CC1. The van der Waals surface area contributed by atoms with Crippen LogP contribution in [0.1, 0.15) is 18.7 Å². The number of hydrogen-bond acceptors (Lipinski definition) is 6. The zero-order valence-electron chi connectivity index (χ0n) is 14.0. The topological polar surface area (TPSA) is 75.6 Å². The highest BCUT2D eigenvalue weighted by molar-refractivity contribution is 5.76. The second-order valence-electron chi connectivity index (χ2n) is 6.11. The summed E-state index contributed by atoms with van der Waals surface area (Å²) in [6.45, 7) is 0.353. The number of nitrogens with zero attached hydrogens (tertiary/aromatic N) is 4. The number of halogens is 3. The monoisotopic (exact) mass is 372 g/mol. The summed E-state index contributed by atoms with van der Waals surface area (Å²) in [5.74, 6) is 0.980. The van der Waals surface area contributed by atoms with Crippen LogP contribution < -0.4 is 0 Å². The molecule has 7 nitrogen and oxygen atoms in total. The van der Waals surface area contributed by atoms with Gasteiger partial charge >= 0.3 is 6.18 Å². The molecule has 1 fully saturated rings. The minimum absolute atomic E-state index is 0.128. The molecule has 2 aromatic rings. The molecule has 0 bridgehead atoms. The van der Waals surface area contributed by atoms with Gasteiger partial charge < -0.3 is 13.8 Å². The van der Waals surface area contributed by atoms with Gasteiger partial charge in [0.25, 0.3) is 0 Å². The van der Waals surface area contributed by atoms with Gasteiger partial charge in [0.05, 0.1) is 12.8 Å². The van der Waals surface area contributed by atoms with Crippen LogP contribution in [0.25, 0.3) is 11.6 Å². The standard InChI is InChI=1S/C16H19F3N4O3/c17-16(18,19)11-22-6-2-7-23(9-8-22)14(24)5-4-13-20-15(21-26-13)12-3-1-10-25-12/h1,3,10H,2,4-9,11H2. The average Bonchev–Trinajstić information content (AvgIpc) is 3.20. The molecule has 0 aliphatic carbocycles. The van der Waals surface area contributed by atoms with Crippen LogP contribution in [-0.4, -0.2) is 64.7 Å². The molecule has 1 aliphatic rings. The minimum atomic E-state index is -4.22. The van der Waals surface area contributed by atoms with Gasteiger partial charge in [0, 0.05) is 39.0 Å². The lowest BCUT2D eigenvalue weighted by Gasteiger charge is -2.22. The first-order valence-electron chi connectivity index (χ1n) is 8.34. The normalized spacial score (nSPS) is 16.7. The zero-order valence-corrected chi connectivity index (χ0v) is 14.0. The van der Waals surface area contributed by atoms with Crippen molar-refractivity contribution in [2.24, 2.45) is 0 Å². The van der Waals surface area contributed by atoms with Crippen LogP contribution in [0.15, 0.2) is 27.3 Å². The third-order valence-corrected chi connectivity index (χ3v) is 4.11. The fourth-order valence-electron chi connectivity index (χ4n) is 2.87. The van der Waals surface area contributed by atoms with E-state index in [1.165, 1.54) is 11.2 Å². The molecule has 0 N–H and O–H groups in total. The summed E-state index contributed by atoms with van der Waals surface area (Å²) in [5.41, 5.74) is 0. The molecule has 10 heteroatoms. The summed E-state index contributed by atoms with van der Waals surface area (Å²) in [6, 6.07) is 3.40. The summed E-state index contributed by atoms with van der Waals surface area (Å²) < 4.78 is 47.7. The van der Waals surface area contributed by atoms with E-state index in [1.54, 1.807) is 17.0 Å². The van der Waals surface area contributed by atoms with Gasteiger partial charge in [-0.1, -0.05) is 5.16 Å². The number of alkyl halides is 3. The number of carbonyl (C=O) groups excluding carboxylic acids is 1. The molecule has 3 rings (SSSR count). The van der Waals surface area contributed by atoms with Gasteiger partial charge in [0.2, 0.25) is 17.6 Å². The molecule has 0 spiro atoms. The van der Waals surface area contributed by atoms with Crippen LogP contribution in [0.4, 0.5) is 13.2 Å². The van der Waals surface area contributed by atoms with E-state index in [9.17, 15) is 18.0 Å². The Morgan fingerprint density at radius 2 is 2.08 bits per heavy atom. The molecule has 1 aliphatic heterocycles. The summed E-state index contributed by atoms with van der Waals surface area (Å²) in [7, 11) is 0. The maximum atomic E-state index is 12.5. The second-order valence-corrected chi connectivity index (χ2v) is 6.11. The largest absolute Gasteiger partial charge is 0.461 e. The van der Waals surface area contributed by atoms with E-state index in [1.807, 2.05) is 0 Å². The fourth-order valence-corrected chi connectivity index (χ4v) is 2.87. The summed E-state index contributed by atoms with van der Waals surface area (Å²) in [6.07, 6.45) is -1.77. The Morgan fingerprint density at radius 3 is 2.81 bits per heavy atom.